The Bertz CT molecular complexity index is 524. The van der Waals surface area contributed by atoms with Gasteiger partial charge in [0.25, 0.3) is 11.9 Å². The van der Waals surface area contributed by atoms with Crippen LogP contribution < -0.4 is 5.32 Å². The summed E-state index contributed by atoms with van der Waals surface area (Å²) in [6, 6.07) is 7.11. The van der Waals surface area contributed by atoms with Gasteiger partial charge < -0.3 is 0 Å². The molecule has 7 heteroatoms. The minimum atomic E-state index is -0.277. The molecule has 0 aliphatic rings. The van der Waals surface area contributed by atoms with E-state index in [1.807, 2.05) is 6.07 Å². The van der Waals surface area contributed by atoms with Gasteiger partial charge in [0.05, 0.1) is 12.6 Å². The van der Waals surface area contributed by atoms with Crippen molar-refractivity contribution in [1.82, 2.24) is 20.2 Å². The van der Waals surface area contributed by atoms with Crippen molar-refractivity contribution in [2.75, 3.05) is 5.32 Å². The van der Waals surface area contributed by atoms with Gasteiger partial charge >= 0.3 is 0 Å². The van der Waals surface area contributed by atoms with Crippen molar-refractivity contribution < 1.29 is 4.79 Å². The first-order valence-electron chi connectivity index (χ1n) is 4.46. The molecule has 0 unspecified atom stereocenters. The summed E-state index contributed by atoms with van der Waals surface area (Å²) in [5.41, 5.74) is 0.523. The Hall–Kier alpha value is -1.76. The van der Waals surface area contributed by atoms with Crippen molar-refractivity contribution in [3.63, 3.8) is 0 Å². The third-order valence-corrected chi connectivity index (χ3v) is 2.54. The van der Waals surface area contributed by atoms with Crippen LogP contribution in [-0.4, -0.2) is 26.1 Å². The second-order valence-corrected chi connectivity index (χ2v) is 3.89. The molecule has 0 radical (unpaired) electrons. The van der Waals surface area contributed by atoms with Crippen LogP contribution in [0.15, 0.2) is 28.7 Å². The second-order valence-electron chi connectivity index (χ2n) is 3.04. The lowest BCUT2D eigenvalue weighted by Crippen LogP contribution is -2.13. The Morgan fingerprint density at radius 1 is 1.44 bits per heavy atom. The lowest BCUT2D eigenvalue weighted by atomic mass is 10.2. The molecule has 0 saturated carbocycles. The summed E-state index contributed by atoms with van der Waals surface area (Å²) >= 11 is 3.29. The normalized spacial score (nSPS) is 10.1. The fraction of sp³-hybridized carbons (Fsp3) is 0.111. The molecule has 1 amide bonds. The maximum Gasteiger partial charge on any atom is 0.270 e. The van der Waals surface area contributed by atoms with Crippen LogP contribution in [0, 0.1) is 0 Å². The van der Waals surface area contributed by atoms with E-state index in [4.69, 9.17) is 0 Å². The molecule has 1 aromatic heterocycles. The number of amides is 1. The summed E-state index contributed by atoms with van der Waals surface area (Å²) < 4.78 is 0.719. The number of halogens is 1. The van der Waals surface area contributed by atoms with Crippen molar-refractivity contribution in [1.29, 1.82) is 0 Å². The highest BCUT2D eigenvalue weighted by molar-refractivity contribution is 9.10. The lowest BCUT2D eigenvalue weighted by Gasteiger charge is -2.02. The van der Waals surface area contributed by atoms with Gasteiger partial charge in [0.2, 0.25) is 0 Å². The molecule has 6 nitrogen and oxygen atoms in total. The largest absolute Gasteiger partial charge is 0.288 e. The number of hydrogen-bond donors (Lipinski definition) is 1. The van der Waals surface area contributed by atoms with Crippen molar-refractivity contribution in [2.24, 2.45) is 7.05 Å². The molecule has 0 aliphatic carbocycles. The first kappa shape index (κ1) is 10.7. The zero-order valence-electron chi connectivity index (χ0n) is 8.38. The van der Waals surface area contributed by atoms with Gasteiger partial charge in [-0.3, -0.25) is 10.1 Å². The highest BCUT2D eigenvalue weighted by Gasteiger charge is 2.11. The maximum atomic E-state index is 11.8. The SMILES string of the molecule is Cn1nnc(NC(=O)c2ccccc2Br)n1. The quantitative estimate of drug-likeness (QED) is 0.899. The average Bonchev–Trinajstić information content (AvgIpc) is 2.64. The van der Waals surface area contributed by atoms with Crippen LogP contribution >= 0.6 is 15.9 Å². The van der Waals surface area contributed by atoms with E-state index in [1.165, 1.54) is 4.80 Å². The number of rotatable bonds is 2. The molecule has 82 valence electrons. The van der Waals surface area contributed by atoms with Gasteiger partial charge in [-0.1, -0.05) is 17.2 Å². The molecule has 0 atom stereocenters. The van der Waals surface area contributed by atoms with Crippen LogP contribution in [0.4, 0.5) is 5.95 Å². The summed E-state index contributed by atoms with van der Waals surface area (Å²) in [5, 5.41) is 13.7. The number of nitrogens with zero attached hydrogens (tertiary/aromatic N) is 4. The van der Waals surface area contributed by atoms with E-state index in [2.05, 4.69) is 36.7 Å². The standard InChI is InChI=1S/C9H8BrN5O/c1-15-13-9(12-14-15)11-8(16)6-4-2-3-5-7(6)10/h2-5H,1H3,(H,11,13,16). The number of aromatic nitrogens is 4. The fourth-order valence-electron chi connectivity index (χ4n) is 1.15. The molecule has 0 bridgehead atoms. The average molecular weight is 282 g/mol. The molecule has 1 aromatic carbocycles. The number of tetrazole rings is 1. The van der Waals surface area contributed by atoms with E-state index in [-0.39, 0.29) is 11.9 Å². The van der Waals surface area contributed by atoms with E-state index in [0.717, 1.165) is 4.47 Å². The molecule has 2 rings (SSSR count). The molecular weight excluding hydrogens is 274 g/mol. The highest BCUT2D eigenvalue weighted by Crippen LogP contribution is 2.16. The van der Waals surface area contributed by atoms with E-state index >= 15 is 0 Å². The van der Waals surface area contributed by atoms with Gasteiger partial charge in [-0.15, -0.1) is 5.10 Å². The Morgan fingerprint density at radius 2 is 2.19 bits per heavy atom. The van der Waals surface area contributed by atoms with E-state index in [9.17, 15) is 4.79 Å². The summed E-state index contributed by atoms with van der Waals surface area (Å²) in [7, 11) is 1.63. The molecular formula is C9H8BrN5O. The number of benzene rings is 1. The predicted molar refractivity (Wildman–Crippen MR) is 60.9 cm³/mol. The van der Waals surface area contributed by atoms with Gasteiger partial charge in [-0.25, -0.2) is 0 Å². The lowest BCUT2D eigenvalue weighted by molar-refractivity contribution is 0.102. The van der Waals surface area contributed by atoms with Crippen LogP contribution in [0.25, 0.3) is 0 Å². The molecule has 2 aromatic rings. The number of carbonyl (C=O) groups excluding carboxylic acids is 1. The number of aryl methyl sites for hydroxylation is 1. The van der Waals surface area contributed by atoms with Gasteiger partial charge in [0.1, 0.15) is 0 Å². The van der Waals surface area contributed by atoms with E-state index in [0.29, 0.717) is 5.56 Å². The van der Waals surface area contributed by atoms with Crippen molar-refractivity contribution in [3.05, 3.63) is 34.3 Å². The minimum Gasteiger partial charge on any atom is -0.288 e. The predicted octanol–water partition coefficient (Wildman–Crippen LogP) is 1.22. The molecule has 0 aliphatic heterocycles. The van der Waals surface area contributed by atoms with E-state index in [1.54, 1.807) is 25.2 Å². The molecule has 0 spiro atoms. The van der Waals surface area contributed by atoms with Gasteiger partial charge in [-0.05, 0) is 33.3 Å². The molecule has 1 N–H and O–H groups in total. The third-order valence-electron chi connectivity index (χ3n) is 1.85. The first-order chi connectivity index (χ1) is 7.66. The topological polar surface area (TPSA) is 72.7 Å². The second kappa shape index (κ2) is 4.40. The molecule has 0 fully saturated rings. The Morgan fingerprint density at radius 3 is 2.81 bits per heavy atom. The fourth-order valence-corrected chi connectivity index (χ4v) is 1.61. The smallest absolute Gasteiger partial charge is 0.270 e. The van der Waals surface area contributed by atoms with E-state index < -0.39 is 0 Å². The minimum absolute atomic E-state index is 0.184. The van der Waals surface area contributed by atoms with Crippen LogP contribution in [0.2, 0.25) is 0 Å². The van der Waals surface area contributed by atoms with Crippen molar-refractivity contribution in [2.45, 2.75) is 0 Å². The number of nitrogens with one attached hydrogen (secondary N) is 1. The first-order valence-corrected chi connectivity index (χ1v) is 5.26. The van der Waals surface area contributed by atoms with Crippen LogP contribution in [-0.2, 0) is 7.05 Å². The summed E-state index contributed by atoms with van der Waals surface area (Å²) in [4.78, 5) is 13.1. The van der Waals surface area contributed by atoms with Crippen LogP contribution in [0.5, 0.6) is 0 Å². The zero-order chi connectivity index (χ0) is 11.5. The molecule has 0 saturated heterocycles. The van der Waals surface area contributed by atoms with Gasteiger partial charge in [-0.2, -0.15) is 4.80 Å². The Balaban J connectivity index is 2.18. The molecule has 1 heterocycles. The van der Waals surface area contributed by atoms with Crippen LogP contribution in [0.3, 0.4) is 0 Å². The Labute approximate surface area is 99.8 Å². The van der Waals surface area contributed by atoms with Crippen molar-refractivity contribution >= 4 is 27.8 Å². The number of carbonyl (C=O) groups is 1. The van der Waals surface area contributed by atoms with Gasteiger partial charge in [0, 0.05) is 4.47 Å². The number of hydrogen-bond acceptors (Lipinski definition) is 4. The highest BCUT2D eigenvalue weighted by atomic mass is 79.9. The third kappa shape index (κ3) is 2.25. The summed E-state index contributed by atoms with van der Waals surface area (Å²) in [6.07, 6.45) is 0. The van der Waals surface area contributed by atoms with Crippen molar-refractivity contribution in [3.8, 4) is 0 Å². The Kier molecular flexibility index (Phi) is 2.95. The van der Waals surface area contributed by atoms with Gasteiger partial charge in [0.15, 0.2) is 0 Å². The monoisotopic (exact) mass is 281 g/mol. The summed E-state index contributed by atoms with van der Waals surface area (Å²) in [6.45, 7) is 0. The number of anilines is 1. The van der Waals surface area contributed by atoms with Crippen LogP contribution in [0.1, 0.15) is 10.4 Å². The molecule has 16 heavy (non-hydrogen) atoms. The maximum absolute atomic E-state index is 11.8. The summed E-state index contributed by atoms with van der Waals surface area (Å²) in [5.74, 6) is -0.0938. The zero-order valence-corrected chi connectivity index (χ0v) is 9.97.